The van der Waals surface area contributed by atoms with Crippen molar-refractivity contribution in [2.45, 2.75) is 19.0 Å². The number of aliphatic carboxylic acids is 1. The summed E-state index contributed by atoms with van der Waals surface area (Å²) < 4.78 is 11.2. The Morgan fingerprint density at radius 3 is 2.10 bits per heavy atom. The van der Waals surface area contributed by atoms with E-state index in [9.17, 15) is 9.36 Å². The molecule has 0 radical (unpaired) electrons. The number of carbonyl (C=O) groups is 1. The predicted octanol–water partition coefficient (Wildman–Crippen LogP) is 1.47. The van der Waals surface area contributed by atoms with Crippen molar-refractivity contribution in [3.8, 4) is 0 Å². The van der Waals surface area contributed by atoms with Crippen LogP contribution in [-0.2, 0) is 9.36 Å². The van der Waals surface area contributed by atoms with Crippen molar-refractivity contribution in [1.82, 2.24) is 0 Å². The van der Waals surface area contributed by atoms with Crippen LogP contribution in [0.2, 0.25) is 0 Å². The SMILES string of the molecule is CC(CC(=O)O)P(C)(C)=O. The molecule has 0 aromatic rings. The molecule has 1 N–H and O–H groups in total. The highest BCUT2D eigenvalue weighted by Gasteiger charge is 2.20. The van der Waals surface area contributed by atoms with Gasteiger partial charge in [-0.3, -0.25) is 4.79 Å². The molecule has 0 aliphatic rings. The molecule has 60 valence electrons. The first-order valence-corrected chi connectivity index (χ1v) is 5.77. The Labute approximate surface area is 60.8 Å². The third-order valence-electron chi connectivity index (χ3n) is 1.53. The van der Waals surface area contributed by atoms with E-state index >= 15 is 0 Å². The molecular formula is C6H13O3P. The van der Waals surface area contributed by atoms with E-state index in [-0.39, 0.29) is 12.1 Å². The van der Waals surface area contributed by atoms with Gasteiger partial charge in [0.1, 0.15) is 0 Å². The van der Waals surface area contributed by atoms with Gasteiger partial charge in [-0.15, -0.1) is 0 Å². The van der Waals surface area contributed by atoms with Gasteiger partial charge < -0.3 is 9.67 Å². The van der Waals surface area contributed by atoms with E-state index in [0.29, 0.717) is 0 Å². The molecule has 1 unspecified atom stereocenters. The summed E-state index contributed by atoms with van der Waals surface area (Å²) in [7, 11) is -2.19. The lowest BCUT2D eigenvalue weighted by molar-refractivity contribution is -0.136. The highest BCUT2D eigenvalue weighted by atomic mass is 31.2. The number of carboxylic acid groups (broad SMARTS) is 1. The van der Waals surface area contributed by atoms with Crippen LogP contribution in [0, 0.1) is 0 Å². The third kappa shape index (κ3) is 3.67. The van der Waals surface area contributed by atoms with Crippen LogP contribution in [0.5, 0.6) is 0 Å². The first-order chi connectivity index (χ1) is 4.34. The zero-order valence-corrected chi connectivity index (χ0v) is 7.39. The summed E-state index contributed by atoms with van der Waals surface area (Å²) >= 11 is 0. The van der Waals surface area contributed by atoms with Gasteiger partial charge in [0.05, 0.1) is 13.6 Å². The average molecular weight is 164 g/mol. The lowest BCUT2D eigenvalue weighted by Crippen LogP contribution is -2.08. The predicted molar refractivity (Wildman–Crippen MR) is 41.2 cm³/mol. The van der Waals surface area contributed by atoms with Crippen LogP contribution in [0.25, 0.3) is 0 Å². The Morgan fingerprint density at radius 1 is 1.60 bits per heavy atom. The van der Waals surface area contributed by atoms with Gasteiger partial charge in [0.2, 0.25) is 0 Å². The largest absolute Gasteiger partial charge is 0.481 e. The smallest absolute Gasteiger partial charge is 0.304 e. The van der Waals surface area contributed by atoms with E-state index in [2.05, 4.69) is 0 Å². The van der Waals surface area contributed by atoms with E-state index in [4.69, 9.17) is 5.11 Å². The summed E-state index contributed by atoms with van der Waals surface area (Å²) in [6.07, 6.45) is 0.00424. The minimum Gasteiger partial charge on any atom is -0.481 e. The Balaban J connectivity index is 3.98. The Hall–Kier alpha value is -0.300. The molecule has 0 heterocycles. The molecule has 10 heavy (non-hydrogen) atoms. The summed E-state index contributed by atoms with van der Waals surface area (Å²) in [5.41, 5.74) is -0.204. The highest BCUT2D eigenvalue weighted by molar-refractivity contribution is 7.63. The summed E-state index contributed by atoms with van der Waals surface area (Å²) in [6, 6.07) is 0. The molecule has 0 saturated heterocycles. The molecule has 0 aliphatic carbocycles. The molecule has 0 bridgehead atoms. The molecule has 0 saturated carbocycles. The second-order valence-corrected chi connectivity index (χ2v) is 6.63. The van der Waals surface area contributed by atoms with Gasteiger partial charge in [-0.1, -0.05) is 6.92 Å². The molecule has 0 rings (SSSR count). The van der Waals surface area contributed by atoms with Gasteiger partial charge >= 0.3 is 5.97 Å². The van der Waals surface area contributed by atoms with Crippen LogP contribution >= 0.6 is 7.14 Å². The lowest BCUT2D eigenvalue weighted by Gasteiger charge is -2.12. The standard InChI is InChI=1S/C6H13O3P/c1-5(4-6(7)8)10(2,3)9/h5H,4H2,1-3H3,(H,7,8). The summed E-state index contributed by atoms with van der Waals surface area (Å²) in [5.74, 6) is -0.878. The van der Waals surface area contributed by atoms with Gasteiger partial charge in [0, 0.05) is 5.66 Å². The van der Waals surface area contributed by atoms with Crippen LogP contribution < -0.4 is 0 Å². The quantitative estimate of drug-likeness (QED) is 0.642. The van der Waals surface area contributed by atoms with E-state index < -0.39 is 13.1 Å². The Morgan fingerprint density at radius 2 is 2.00 bits per heavy atom. The molecular weight excluding hydrogens is 151 g/mol. The maximum absolute atomic E-state index is 11.2. The van der Waals surface area contributed by atoms with Crippen molar-refractivity contribution < 1.29 is 14.5 Å². The minimum absolute atomic E-state index is 0.00424. The fourth-order valence-corrected chi connectivity index (χ4v) is 1.07. The normalized spacial score (nSPS) is 14.7. The average Bonchev–Trinajstić information content (AvgIpc) is 1.60. The second-order valence-electron chi connectivity index (χ2n) is 2.88. The summed E-state index contributed by atoms with van der Waals surface area (Å²) in [4.78, 5) is 10.1. The van der Waals surface area contributed by atoms with Crippen molar-refractivity contribution in [2.75, 3.05) is 13.3 Å². The van der Waals surface area contributed by atoms with Crippen molar-refractivity contribution in [3.05, 3.63) is 0 Å². The fraction of sp³-hybridized carbons (Fsp3) is 0.833. The monoisotopic (exact) mass is 164 g/mol. The zero-order valence-electron chi connectivity index (χ0n) is 6.50. The summed E-state index contributed by atoms with van der Waals surface area (Å²) in [6.45, 7) is 4.93. The van der Waals surface area contributed by atoms with Crippen molar-refractivity contribution >= 4 is 13.1 Å². The maximum Gasteiger partial charge on any atom is 0.304 e. The Kier molecular flexibility index (Phi) is 3.10. The van der Waals surface area contributed by atoms with Gasteiger partial charge in [-0.25, -0.2) is 0 Å². The van der Waals surface area contributed by atoms with Crippen LogP contribution in [-0.4, -0.2) is 30.1 Å². The number of rotatable bonds is 3. The third-order valence-corrected chi connectivity index (χ3v) is 3.84. The molecule has 0 aliphatic heterocycles. The number of carboxylic acids is 1. The van der Waals surface area contributed by atoms with Gasteiger partial charge in [0.15, 0.2) is 0 Å². The Bertz CT molecular complexity index is 170. The molecule has 3 nitrogen and oxygen atoms in total. The first-order valence-electron chi connectivity index (χ1n) is 3.10. The van der Waals surface area contributed by atoms with Crippen LogP contribution in [0.15, 0.2) is 0 Å². The van der Waals surface area contributed by atoms with E-state index in [1.165, 1.54) is 0 Å². The van der Waals surface area contributed by atoms with Crippen LogP contribution in [0.4, 0.5) is 0 Å². The topological polar surface area (TPSA) is 54.4 Å². The molecule has 0 aromatic heterocycles. The van der Waals surface area contributed by atoms with Gasteiger partial charge in [-0.05, 0) is 13.3 Å². The van der Waals surface area contributed by atoms with Crippen molar-refractivity contribution in [2.24, 2.45) is 0 Å². The molecule has 1 atom stereocenters. The lowest BCUT2D eigenvalue weighted by atomic mass is 10.3. The van der Waals surface area contributed by atoms with Gasteiger partial charge in [-0.2, -0.15) is 0 Å². The van der Waals surface area contributed by atoms with Crippen LogP contribution in [0.3, 0.4) is 0 Å². The molecule has 4 heteroatoms. The minimum atomic E-state index is -2.19. The number of hydrogen-bond acceptors (Lipinski definition) is 2. The molecule has 0 aromatic carbocycles. The van der Waals surface area contributed by atoms with Crippen molar-refractivity contribution in [3.63, 3.8) is 0 Å². The maximum atomic E-state index is 11.2. The first kappa shape index (κ1) is 9.70. The highest BCUT2D eigenvalue weighted by Crippen LogP contribution is 2.43. The van der Waals surface area contributed by atoms with Crippen LogP contribution in [0.1, 0.15) is 13.3 Å². The van der Waals surface area contributed by atoms with E-state index in [1.54, 1.807) is 20.3 Å². The van der Waals surface area contributed by atoms with Crippen molar-refractivity contribution in [1.29, 1.82) is 0 Å². The van der Waals surface area contributed by atoms with E-state index in [1.807, 2.05) is 0 Å². The summed E-state index contributed by atoms with van der Waals surface area (Å²) in [5, 5.41) is 8.33. The van der Waals surface area contributed by atoms with E-state index in [0.717, 1.165) is 0 Å². The molecule has 0 spiro atoms. The molecule has 0 fully saturated rings. The second kappa shape index (κ2) is 3.20. The van der Waals surface area contributed by atoms with Gasteiger partial charge in [0.25, 0.3) is 0 Å². The number of hydrogen-bond donors (Lipinski definition) is 1. The molecule has 0 amide bonds. The zero-order chi connectivity index (χ0) is 8.36. The fourth-order valence-electron chi connectivity index (χ4n) is 0.473.